The molecule has 1 aliphatic rings. The van der Waals surface area contributed by atoms with Gasteiger partial charge in [-0.1, -0.05) is 0 Å². The van der Waals surface area contributed by atoms with Gasteiger partial charge < -0.3 is 15.1 Å². The van der Waals surface area contributed by atoms with Crippen LogP contribution in [0.5, 0.6) is 5.75 Å². The van der Waals surface area contributed by atoms with Crippen molar-refractivity contribution in [1.29, 1.82) is 5.41 Å². The highest BCUT2D eigenvalue weighted by Crippen LogP contribution is 2.32. The molecule has 0 spiro atoms. The summed E-state index contributed by atoms with van der Waals surface area (Å²) in [6.45, 7) is 0.693. The molecule has 4 nitrogen and oxygen atoms in total. The van der Waals surface area contributed by atoms with Crippen LogP contribution in [-0.4, -0.2) is 22.3 Å². The lowest BCUT2D eigenvalue weighted by molar-refractivity contribution is 0.310. The number of hydrogen-bond donors (Lipinski definition) is 2. The number of aromatic amines is 1. The number of aryl methyl sites for hydroxylation is 1. The van der Waals surface area contributed by atoms with Crippen molar-refractivity contribution in [2.75, 3.05) is 6.61 Å². The highest BCUT2D eigenvalue weighted by Gasteiger charge is 2.26. The normalized spacial score (nSPS) is 14.2. The fraction of sp³-hybridized carbons (Fsp3) is 0.375. The summed E-state index contributed by atoms with van der Waals surface area (Å²) >= 11 is 0. The first-order valence-electron chi connectivity index (χ1n) is 7.12. The van der Waals surface area contributed by atoms with Crippen molar-refractivity contribution in [3.63, 3.8) is 0 Å². The Labute approximate surface area is 118 Å². The molecule has 20 heavy (non-hydrogen) atoms. The smallest absolute Gasteiger partial charge is 0.119 e. The van der Waals surface area contributed by atoms with E-state index in [1.54, 1.807) is 6.33 Å². The van der Waals surface area contributed by atoms with Gasteiger partial charge in [-0.2, -0.15) is 0 Å². The second-order valence-electron chi connectivity index (χ2n) is 5.24. The first-order valence-corrected chi connectivity index (χ1v) is 7.12. The molecule has 1 aromatic carbocycles. The SMILES string of the molecule is N=C(c1ccc(OCCCc2cnc[nH]2)cc1)C1CC1. The second kappa shape index (κ2) is 5.90. The van der Waals surface area contributed by atoms with Crippen LogP contribution in [-0.2, 0) is 6.42 Å². The van der Waals surface area contributed by atoms with Gasteiger partial charge in [-0.3, -0.25) is 0 Å². The van der Waals surface area contributed by atoms with Crippen molar-refractivity contribution in [3.8, 4) is 5.75 Å². The molecule has 2 aromatic rings. The Morgan fingerprint density at radius 2 is 2.10 bits per heavy atom. The van der Waals surface area contributed by atoms with Crippen LogP contribution < -0.4 is 4.74 Å². The quantitative estimate of drug-likeness (QED) is 0.599. The van der Waals surface area contributed by atoms with Gasteiger partial charge in [-0.05, 0) is 55.5 Å². The Bertz CT molecular complexity index is 556. The number of imidazole rings is 1. The summed E-state index contributed by atoms with van der Waals surface area (Å²) < 4.78 is 5.71. The van der Waals surface area contributed by atoms with E-state index in [2.05, 4.69) is 9.97 Å². The van der Waals surface area contributed by atoms with Gasteiger partial charge in [-0.25, -0.2) is 4.98 Å². The lowest BCUT2D eigenvalue weighted by atomic mass is 10.1. The average Bonchev–Trinajstić information content (AvgIpc) is 3.21. The molecule has 0 bridgehead atoms. The summed E-state index contributed by atoms with van der Waals surface area (Å²) in [6.07, 6.45) is 7.80. The standard InChI is InChI=1S/C16H19N3O/c17-16(12-3-4-12)13-5-7-15(8-6-13)20-9-1-2-14-10-18-11-19-14/h5-8,10-12,17H,1-4,9H2,(H,18,19). The minimum absolute atomic E-state index is 0.496. The zero-order valence-electron chi connectivity index (χ0n) is 11.4. The van der Waals surface area contributed by atoms with Crippen LogP contribution in [0.15, 0.2) is 36.8 Å². The molecule has 1 saturated carbocycles. The van der Waals surface area contributed by atoms with Gasteiger partial charge in [0.15, 0.2) is 0 Å². The first-order chi connectivity index (χ1) is 9.83. The fourth-order valence-electron chi connectivity index (χ4n) is 2.21. The number of aromatic nitrogens is 2. The van der Waals surface area contributed by atoms with Crippen molar-refractivity contribution in [3.05, 3.63) is 48.0 Å². The predicted octanol–water partition coefficient (Wildman–Crippen LogP) is 3.20. The van der Waals surface area contributed by atoms with E-state index >= 15 is 0 Å². The summed E-state index contributed by atoms with van der Waals surface area (Å²) in [5, 5.41) is 8.02. The molecule has 104 valence electrons. The minimum atomic E-state index is 0.496. The van der Waals surface area contributed by atoms with E-state index < -0.39 is 0 Å². The van der Waals surface area contributed by atoms with Gasteiger partial charge in [0.2, 0.25) is 0 Å². The Hall–Kier alpha value is -2.10. The molecule has 0 radical (unpaired) electrons. The van der Waals surface area contributed by atoms with Crippen LogP contribution in [0.3, 0.4) is 0 Å². The number of ether oxygens (including phenoxy) is 1. The third-order valence-corrected chi connectivity index (χ3v) is 3.56. The van der Waals surface area contributed by atoms with E-state index in [-0.39, 0.29) is 0 Å². The first kappa shape index (κ1) is 12.9. The zero-order chi connectivity index (χ0) is 13.8. The van der Waals surface area contributed by atoms with E-state index in [9.17, 15) is 0 Å². The van der Waals surface area contributed by atoms with Crippen molar-refractivity contribution in [2.45, 2.75) is 25.7 Å². The molecule has 1 fully saturated rings. The monoisotopic (exact) mass is 269 g/mol. The third kappa shape index (κ3) is 3.26. The van der Waals surface area contributed by atoms with Crippen LogP contribution >= 0.6 is 0 Å². The maximum atomic E-state index is 8.02. The van der Waals surface area contributed by atoms with Crippen LogP contribution in [0.25, 0.3) is 0 Å². The molecular weight excluding hydrogens is 250 g/mol. The van der Waals surface area contributed by atoms with Crippen LogP contribution in [0, 0.1) is 11.3 Å². The molecule has 0 atom stereocenters. The molecule has 0 saturated heterocycles. The van der Waals surface area contributed by atoms with Gasteiger partial charge >= 0.3 is 0 Å². The van der Waals surface area contributed by atoms with Gasteiger partial charge in [-0.15, -0.1) is 0 Å². The largest absolute Gasteiger partial charge is 0.494 e. The number of rotatable bonds is 7. The van der Waals surface area contributed by atoms with E-state index in [1.165, 1.54) is 12.8 Å². The van der Waals surface area contributed by atoms with Gasteiger partial charge in [0, 0.05) is 23.5 Å². The summed E-state index contributed by atoms with van der Waals surface area (Å²) in [5.41, 5.74) is 2.94. The molecule has 0 amide bonds. The van der Waals surface area contributed by atoms with Crippen molar-refractivity contribution in [2.24, 2.45) is 5.92 Å². The summed E-state index contributed by atoms with van der Waals surface area (Å²) in [6, 6.07) is 7.90. The number of hydrogen-bond acceptors (Lipinski definition) is 3. The van der Waals surface area contributed by atoms with Crippen LogP contribution in [0.2, 0.25) is 0 Å². The summed E-state index contributed by atoms with van der Waals surface area (Å²) in [7, 11) is 0. The predicted molar refractivity (Wildman–Crippen MR) is 78.4 cm³/mol. The lowest BCUT2D eigenvalue weighted by Gasteiger charge is -2.07. The Morgan fingerprint density at radius 3 is 2.75 bits per heavy atom. The highest BCUT2D eigenvalue weighted by atomic mass is 16.5. The van der Waals surface area contributed by atoms with Gasteiger partial charge in [0.25, 0.3) is 0 Å². The molecule has 0 unspecified atom stereocenters. The maximum Gasteiger partial charge on any atom is 0.119 e. The molecule has 0 aliphatic heterocycles. The Kier molecular flexibility index (Phi) is 3.81. The molecule has 1 heterocycles. The highest BCUT2D eigenvalue weighted by molar-refractivity contribution is 6.01. The third-order valence-electron chi connectivity index (χ3n) is 3.56. The average molecular weight is 269 g/mol. The summed E-state index contributed by atoms with van der Waals surface area (Å²) in [4.78, 5) is 7.07. The number of H-pyrrole nitrogens is 1. The van der Waals surface area contributed by atoms with Crippen molar-refractivity contribution < 1.29 is 4.74 Å². The van der Waals surface area contributed by atoms with E-state index in [0.717, 1.165) is 35.6 Å². The summed E-state index contributed by atoms with van der Waals surface area (Å²) in [5.74, 6) is 1.37. The number of nitrogens with zero attached hydrogens (tertiary/aromatic N) is 1. The van der Waals surface area contributed by atoms with E-state index in [1.807, 2.05) is 30.5 Å². The molecule has 1 aromatic heterocycles. The molecular formula is C16H19N3O. The van der Waals surface area contributed by atoms with Crippen molar-refractivity contribution in [1.82, 2.24) is 9.97 Å². The molecule has 1 aliphatic carbocycles. The molecule has 4 heteroatoms. The lowest BCUT2D eigenvalue weighted by Crippen LogP contribution is -2.02. The zero-order valence-corrected chi connectivity index (χ0v) is 11.4. The second-order valence-corrected chi connectivity index (χ2v) is 5.24. The number of benzene rings is 1. The van der Waals surface area contributed by atoms with Gasteiger partial charge in [0.1, 0.15) is 5.75 Å². The Morgan fingerprint density at radius 1 is 1.30 bits per heavy atom. The van der Waals surface area contributed by atoms with Crippen LogP contribution in [0.1, 0.15) is 30.5 Å². The number of nitrogens with one attached hydrogen (secondary N) is 2. The Balaban J connectivity index is 1.44. The fourth-order valence-corrected chi connectivity index (χ4v) is 2.21. The van der Waals surface area contributed by atoms with Crippen LogP contribution in [0.4, 0.5) is 0 Å². The van der Waals surface area contributed by atoms with Crippen molar-refractivity contribution >= 4 is 5.71 Å². The van der Waals surface area contributed by atoms with Gasteiger partial charge in [0.05, 0.1) is 12.9 Å². The minimum Gasteiger partial charge on any atom is -0.494 e. The maximum absolute atomic E-state index is 8.02. The van der Waals surface area contributed by atoms with E-state index in [0.29, 0.717) is 12.5 Å². The molecule has 3 rings (SSSR count). The molecule has 2 N–H and O–H groups in total. The topological polar surface area (TPSA) is 61.8 Å². The van der Waals surface area contributed by atoms with E-state index in [4.69, 9.17) is 10.1 Å².